The lowest BCUT2D eigenvalue weighted by molar-refractivity contribution is 0.248. The predicted octanol–water partition coefficient (Wildman–Crippen LogP) is -0.225. The topological polar surface area (TPSA) is 99.4 Å². The number of H-pyrrole nitrogens is 1. The first-order chi connectivity index (χ1) is 13.5. The number of aryl methyl sites for hydroxylation is 1. The third kappa shape index (κ3) is 3.23. The van der Waals surface area contributed by atoms with Crippen LogP contribution in [0.5, 0.6) is 0 Å². The maximum Gasteiger partial charge on any atom is 0.332 e. The van der Waals surface area contributed by atoms with E-state index >= 15 is 0 Å². The Hall–Kier alpha value is -2.91. The number of anilines is 1. The van der Waals surface area contributed by atoms with Gasteiger partial charge in [0.25, 0.3) is 5.56 Å². The molecule has 3 heterocycles. The zero-order chi connectivity index (χ0) is 19.8. The van der Waals surface area contributed by atoms with Gasteiger partial charge in [-0.3, -0.25) is 18.8 Å². The molecule has 1 saturated heterocycles. The highest BCUT2D eigenvalue weighted by molar-refractivity contribution is 5.73. The summed E-state index contributed by atoms with van der Waals surface area (Å²) in [7, 11) is 3.09. The number of aromatic amines is 1. The van der Waals surface area contributed by atoms with Crippen LogP contribution in [0.15, 0.2) is 33.9 Å². The highest BCUT2D eigenvalue weighted by Gasteiger charge is 2.21. The minimum Gasteiger partial charge on any atom is -0.392 e. The van der Waals surface area contributed by atoms with E-state index in [2.05, 4.69) is 25.8 Å². The Bertz CT molecular complexity index is 1120. The molecule has 9 nitrogen and oxygen atoms in total. The van der Waals surface area contributed by atoms with Gasteiger partial charge in [0.15, 0.2) is 11.2 Å². The van der Waals surface area contributed by atoms with Gasteiger partial charge in [-0.2, -0.15) is 4.98 Å². The highest BCUT2D eigenvalue weighted by Crippen LogP contribution is 2.17. The third-order valence-electron chi connectivity index (χ3n) is 5.33. The molecule has 1 aromatic carbocycles. The molecule has 1 aliphatic rings. The van der Waals surface area contributed by atoms with E-state index in [-0.39, 0.29) is 17.9 Å². The van der Waals surface area contributed by atoms with E-state index in [9.17, 15) is 14.7 Å². The molecule has 0 spiro atoms. The van der Waals surface area contributed by atoms with Gasteiger partial charge in [-0.25, -0.2) is 4.79 Å². The summed E-state index contributed by atoms with van der Waals surface area (Å²) in [5.41, 5.74) is 2.09. The molecule has 0 radical (unpaired) electrons. The Balaban J connectivity index is 1.49. The van der Waals surface area contributed by atoms with Crippen molar-refractivity contribution < 1.29 is 5.11 Å². The maximum atomic E-state index is 12.3. The number of benzene rings is 1. The molecule has 0 saturated carbocycles. The van der Waals surface area contributed by atoms with Gasteiger partial charge in [-0.15, -0.1) is 0 Å². The van der Waals surface area contributed by atoms with Gasteiger partial charge < -0.3 is 15.0 Å². The van der Waals surface area contributed by atoms with Gasteiger partial charge in [0.2, 0.25) is 5.95 Å². The number of hydrogen-bond acceptors (Lipinski definition) is 6. The number of aromatic nitrogens is 4. The molecule has 2 aromatic heterocycles. The Morgan fingerprint density at radius 1 is 1.07 bits per heavy atom. The first kappa shape index (κ1) is 18.5. The fourth-order valence-corrected chi connectivity index (χ4v) is 3.67. The van der Waals surface area contributed by atoms with Gasteiger partial charge >= 0.3 is 5.69 Å². The second-order valence-electron chi connectivity index (χ2n) is 7.21. The molecular weight excluding hydrogens is 360 g/mol. The van der Waals surface area contributed by atoms with Crippen LogP contribution in [0, 0.1) is 0 Å². The van der Waals surface area contributed by atoms with Crippen molar-refractivity contribution >= 4 is 17.1 Å². The average molecular weight is 384 g/mol. The zero-order valence-corrected chi connectivity index (χ0v) is 16.1. The fourth-order valence-electron chi connectivity index (χ4n) is 3.67. The molecule has 28 heavy (non-hydrogen) atoms. The summed E-state index contributed by atoms with van der Waals surface area (Å²) in [6.45, 7) is 4.14. The number of imidazole rings is 1. The van der Waals surface area contributed by atoms with Crippen LogP contribution < -0.4 is 16.1 Å². The quantitative estimate of drug-likeness (QED) is 0.645. The lowest BCUT2D eigenvalue weighted by atomic mass is 10.1. The number of aliphatic hydroxyl groups excluding tert-OH is 1. The Labute approximate surface area is 161 Å². The summed E-state index contributed by atoms with van der Waals surface area (Å²) in [6, 6.07) is 7.99. The Kier molecular flexibility index (Phi) is 4.78. The van der Waals surface area contributed by atoms with Crippen molar-refractivity contribution in [3.63, 3.8) is 0 Å². The lowest BCUT2D eigenvalue weighted by Crippen LogP contribution is -2.46. The first-order valence-corrected chi connectivity index (χ1v) is 9.29. The van der Waals surface area contributed by atoms with E-state index in [0.29, 0.717) is 17.1 Å². The lowest BCUT2D eigenvalue weighted by Gasteiger charge is -2.34. The van der Waals surface area contributed by atoms with E-state index < -0.39 is 0 Å². The van der Waals surface area contributed by atoms with Crippen molar-refractivity contribution in [3.8, 4) is 0 Å². The van der Waals surface area contributed by atoms with E-state index in [1.165, 1.54) is 17.2 Å². The molecule has 9 heteroatoms. The smallest absolute Gasteiger partial charge is 0.332 e. The van der Waals surface area contributed by atoms with Crippen LogP contribution in [0.25, 0.3) is 11.2 Å². The summed E-state index contributed by atoms with van der Waals surface area (Å²) in [5.74, 6) is 0.621. The average Bonchev–Trinajstić information content (AvgIpc) is 3.17. The summed E-state index contributed by atoms with van der Waals surface area (Å²) < 4.78 is 2.48. The van der Waals surface area contributed by atoms with Gasteiger partial charge in [0.1, 0.15) is 0 Å². The molecule has 148 valence electrons. The molecule has 0 bridgehead atoms. The number of rotatable bonds is 4. The van der Waals surface area contributed by atoms with E-state index in [0.717, 1.165) is 42.9 Å². The van der Waals surface area contributed by atoms with Crippen LogP contribution in [-0.4, -0.2) is 55.3 Å². The van der Waals surface area contributed by atoms with Crippen LogP contribution in [0.3, 0.4) is 0 Å². The van der Waals surface area contributed by atoms with E-state index in [1.807, 2.05) is 18.2 Å². The molecule has 0 amide bonds. The number of fused-ring (bicyclic) bond motifs is 1. The summed E-state index contributed by atoms with van der Waals surface area (Å²) in [4.78, 5) is 36.5. The molecule has 2 N–H and O–H groups in total. The van der Waals surface area contributed by atoms with Gasteiger partial charge in [-0.1, -0.05) is 24.3 Å². The molecule has 0 aliphatic carbocycles. The zero-order valence-electron chi connectivity index (χ0n) is 16.1. The molecule has 0 unspecified atom stereocenters. The van der Waals surface area contributed by atoms with Gasteiger partial charge in [0.05, 0.1) is 6.61 Å². The number of nitrogens with zero attached hydrogens (tertiary/aromatic N) is 5. The number of hydrogen-bond donors (Lipinski definition) is 2. The normalized spacial score (nSPS) is 15.5. The van der Waals surface area contributed by atoms with Crippen molar-refractivity contribution in [2.45, 2.75) is 13.2 Å². The largest absolute Gasteiger partial charge is 0.392 e. The molecular formula is C19H24N6O3. The fraction of sp³-hybridized carbons (Fsp3) is 0.421. The number of aliphatic hydroxyl groups is 1. The highest BCUT2D eigenvalue weighted by atomic mass is 16.3. The predicted molar refractivity (Wildman–Crippen MR) is 106 cm³/mol. The second-order valence-corrected chi connectivity index (χ2v) is 7.21. The van der Waals surface area contributed by atoms with Crippen molar-refractivity contribution in [3.05, 3.63) is 56.2 Å². The van der Waals surface area contributed by atoms with Crippen LogP contribution in [-0.2, 0) is 27.2 Å². The van der Waals surface area contributed by atoms with Crippen LogP contribution in [0.1, 0.15) is 11.1 Å². The van der Waals surface area contributed by atoms with Crippen molar-refractivity contribution in [1.29, 1.82) is 0 Å². The van der Waals surface area contributed by atoms with Gasteiger partial charge in [-0.05, 0) is 11.1 Å². The Morgan fingerprint density at radius 3 is 2.50 bits per heavy atom. The molecule has 0 atom stereocenters. The Morgan fingerprint density at radius 2 is 1.79 bits per heavy atom. The van der Waals surface area contributed by atoms with E-state index in [4.69, 9.17) is 0 Å². The summed E-state index contributed by atoms with van der Waals surface area (Å²) in [5, 5.41) is 9.29. The van der Waals surface area contributed by atoms with Crippen molar-refractivity contribution in [2.75, 3.05) is 31.1 Å². The summed E-state index contributed by atoms with van der Waals surface area (Å²) in [6.07, 6.45) is 0. The second kappa shape index (κ2) is 7.25. The summed E-state index contributed by atoms with van der Waals surface area (Å²) >= 11 is 0. The number of piperazine rings is 1. The minimum absolute atomic E-state index is 0.0512. The minimum atomic E-state index is -0.384. The maximum absolute atomic E-state index is 12.3. The number of nitrogens with one attached hydrogen (secondary N) is 1. The van der Waals surface area contributed by atoms with E-state index in [1.54, 1.807) is 7.05 Å². The van der Waals surface area contributed by atoms with Crippen molar-refractivity contribution in [2.24, 2.45) is 14.1 Å². The van der Waals surface area contributed by atoms with Crippen molar-refractivity contribution in [1.82, 2.24) is 24.0 Å². The first-order valence-electron chi connectivity index (χ1n) is 9.29. The van der Waals surface area contributed by atoms with Crippen LogP contribution in [0.2, 0.25) is 0 Å². The molecule has 1 fully saturated rings. The monoisotopic (exact) mass is 384 g/mol. The van der Waals surface area contributed by atoms with Gasteiger partial charge in [0, 0.05) is 46.8 Å². The third-order valence-corrected chi connectivity index (χ3v) is 5.33. The molecule has 4 rings (SSSR count). The molecule has 3 aromatic rings. The van der Waals surface area contributed by atoms with Crippen LogP contribution in [0.4, 0.5) is 5.95 Å². The van der Waals surface area contributed by atoms with Crippen LogP contribution >= 0.6 is 0 Å². The molecule has 1 aliphatic heterocycles. The standard InChI is InChI=1S/C19H24N6O3/c1-22-16-15(17(27)23(2)19(22)28)20-18(21-16)25-8-6-24(7-9-25)11-13-4-3-5-14(10-13)12-26/h3-5,10,26H,6-9,11-12H2,1-2H3,(H,20,21). The SMILES string of the molecule is Cn1c(=O)c2[nH]c(N3CCN(Cc4cccc(CO)c4)CC3)nc2n(C)c1=O.